The van der Waals surface area contributed by atoms with Crippen LogP contribution in [0.2, 0.25) is 0 Å². The number of benzene rings is 1. The molecule has 2 aliphatic heterocycles. The Morgan fingerprint density at radius 1 is 1.36 bits per heavy atom. The third-order valence-corrected chi connectivity index (χ3v) is 4.88. The Kier molecular flexibility index (Phi) is 4.17. The van der Waals surface area contributed by atoms with Crippen LogP contribution in [0, 0.1) is 11.7 Å². The van der Waals surface area contributed by atoms with Crippen molar-refractivity contribution in [2.24, 2.45) is 13.0 Å². The lowest BCUT2D eigenvalue weighted by Crippen LogP contribution is -2.38. The van der Waals surface area contributed by atoms with Crippen LogP contribution in [-0.2, 0) is 23.1 Å². The van der Waals surface area contributed by atoms with E-state index in [1.807, 2.05) is 17.8 Å². The van der Waals surface area contributed by atoms with Crippen molar-refractivity contribution in [3.05, 3.63) is 47.8 Å². The lowest BCUT2D eigenvalue weighted by Gasteiger charge is -2.26. The average molecular weight is 345 g/mol. The van der Waals surface area contributed by atoms with E-state index in [0.29, 0.717) is 37.5 Å². The molecule has 25 heavy (non-hydrogen) atoms. The number of fused-ring (bicyclic) bond motifs is 1. The normalized spacial score (nSPS) is 23.0. The molecule has 1 saturated heterocycles. The highest BCUT2D eigenvalue weighted by Gasteiger charge is 2.40. The molecular weight excluding hydrogens is 325 g/mol. The molecule has 2 aromatic rings. The first kappa shape index (κ1) is 16.1. The van der Waals surface area contributed by atoms with Crippen molar-refractivity contribution in [3.8, 4) is 5.75 Å². The van der Waals surface area contributed by atoms with Gasteiger partial charge in [-0.3, -0.25) is 4.79 Å². The molecule has 0 radical (unpaired) electrons. The number of nitrogens with zero attached hydrogens (tertiary/aromatic N) is 3. The number of aromatic nitrogens is 2. The molecule has 1 aromatic carbocycles. The van der Waals surface area contributed by atoms with Gasteiger partial charge in [-0.15, -0.1) is 0 Å². The molecule has 0 saturated carbocycles. The van der Waals surface area contributed by atoms with E-state index >= 15 is 0 Å². The van der Waals surface area contributed by atoms with Crippen LogP contribution in [0.15, 0.2) is 30.6 Å². The molecule has 3 heterocycles. The summed E-state index contributed by atoms with van der Waals surface area (Å²) in [6, 6.07) is 4.75. The van der Waals surface area contributed by atoms with Crippen LogP contribution in [0.1, 0.15) is 23.9 Å². The van der Waals surface area contributed by atoms with E-state index in [9.17, 15) is 9.18 Å². The van der Waals surface area contributed by atoms with E-state index in [0.717, 1.165) is 5.82 Å². The Bertz CT molecular complexity index is 792. The summed E-state index contributed by atoms with van der Waals surface area (Å²) in [6.45, 7) is 1.51. The van der Waals surface area contributed by atoms with Crippen molar-refractivity contribution >= 4 is 5.91 Å². The van der Waals surface area contributed by atoms with Gasteiger partial charge in [-0.2, -0.15) is 0 Å². The van der Waals surface area contributed by atoms with Crippen LogP contribution in [0.3, 0.4) is 0 Å². The van der Waals surface area contributed by atoms with E-state index in [1.165, 1.54) is 6.07 Å². The van der Waals surface area contributed by atoms with Gasteiger partial charge in [-0.1, -0.05) is 6.07 Å². The summed E-state index contributed by atoms with van der Waals surface area (Å²) >= 11 is 0. The number of imidazole rings is 1. The zero-order chi connectivity index (χ0) is 17.4. The van der Waals surface area contributed by atoms with Crippen LogP contribution in [0.4, 0.5) is 4.39 Å². The monoisotopic (exact) mass is 345 g/mol. The second-order valence-corrected chi connectivity index (χ2v) is 6.41. The van der Waals surface area contributed by atoms with Crippen LogP contribution < -0.4 is 4.74 Å². The summed E-state index contributed by atoms with van der Waals surface area (Å²) in [7, 11) is 1.89. The first-order valence-electron chi connectivity index (χ1n) is 8.43. The minimum Gasteiger partial charge on any atom is -0.491 e. The number of hydrogen-bond acceptors (Lipinski definition) is 4. The molecule has 0 unspecified atom stereocenters. The van der Waals surface area contributed by atoms with Gasteiger partial charge >= 0.3 is 0 Å². The number of carbonyl (C=O) groups excluding carboxylic acids is 1. The molecule has 2 aliphatic rings. The average Bonchev–Trinajstić information content (AvgIpc) is 3.18. The van der Waals surface area contributed by atoms with Crippen molar-refractivity contribution in [1.82, 2.24) is 14.5 Å². The Morgan fingerprint density at radius 2 is 2.24 bits per heavy atom. The molecule has 1 aromatic heterocycles. The fourth-order valence-electron chi connectivity index (χ4n) is 3.53. The predicted octanol–water partition coefficient (Wildman–Crippen LogP) is 2.06. The number of ether oxygens (including phenoxy) is 2. The standard InChI is InChI=1S/C18H20FN3O3/c1-21-7-6-20-17(21)16-12(5-9-25-16)18(23)22-8-10-24-15-4-2-3-14(19)13(15)11-22/h2-4,6-7,12,16H,5,8-11H2,1H3/t12-,16-/m1/s1. The van der Waals surface area contributed by atoms with Crippen LogP contribution >= 0.6 is 0 Å². The van der Waals surface area contributed by atoms with Gasteiger partial charge in [0.25, 0.3) is 0 Å². The smallest absolute Gasteiger partial charge is 0.229 e. The van der Waals surface area contributed by atoms with Gasteiger partial charge in [0.15, 0.2) is 0 Å². The molecule has 2 atom stereocenters. The number of halogens is 1. The fourth-order valence-corrected chi connectivity index (χ4v) is 3.53. The molecule has 7 heteroatoms. The molecule has 4 rings (SSSR count). The molecule has 6 nitrogen and oxygen atoms in total. The second-order valence-electron chi connectivity index (χ2n) is 6.41. The van der Waals surface area contributed by atoms with E-state index in [1.54, 1.807) is 23.2 Å². The molecule has 132 valence electrons. The van der Waals surface area contributed by atoms with Gasteiger partial charge in [0.05, 0.1) is 19.0 Å². The van der Waals surface area contributed by atoms with Crippen LogP contribution in [0.5, 0.6) is 5.75 Å². The van der Waals surface area contributed by atoms with Crippen LogP contribution in [0.25, 0.3) is 0 Å². The lowest BCUT2D eigenvalue weighted by atomic mass is 9.98. The van der Waals surface area contributed by atoms with E-state index < -0.39 is 0 Å². The zero-order valence-corrected chi connectivity index (χ0v) is 14.0. The lowest BCUT2D eigenvalue weighted by molar-refractivity contribution is -0.138. The first-order chi connectivity index (χ1) is 12.1. The highest BCUT2D eigenvalue weighted by molar-refractivity contribution is 5.80. The SMILES string of the molecule is Cn1ccnc1[C@@H]1OCC[C@H]1C(=O)N1CCOc2cccc(F)c2C1. The molecule has 0 N–H and O–H groups in total. The Morgan fingerprint density at radius 3 is 3.04 bits per heavy atom. The maximum absolute atomic E-state index is 14.2. The molecule has 1 fully saturated rings. The number of hydrogen-bond donors (Lipinski definition) is 0. The molecule has 0 aliphatic carbocycles. The summed E-state index contributed by atoms with van der Waals surface area (Å²) in [5.41, 5.74) is 0.431. The Hall–Kier alpha value is -2.41. The third-order valence-electron chi connectivity index (χ3n) is 4.88. The minimum atomic E-state index is -0.364. The Labute approximate surface area is 145 Å². The third kappa shape index (κ3) is 2.89. The van der Waals surface area contributed by atoms with Crippen molar-refractivity contribution in [3.63, 3.8) is 0 Å². The van der Waals surface area contributed by atoms with Gasteiger partial charge in [-0.25, -0.2) is 9.37 Å². The van der Waals surface area contributed by atoms with Gasteiger partial charge in [0.2, 0.25) is 5.91 Å². The summed E-state index contributed by atoms with van der Waals surface area (Å²) in [5, 5.41) is 0. The van der Waals surface area contributed by atoms with Crippen molar-refractivity contribution in [1.29, 1.82) is 0 Å². The number of rotatable bonds is 2. The highest BCUT2D eigenvalue weighted by Crippen LogP contribution is 2.36. The molecule has 0 spiro atoms. The molecule has 0 bridgehead atoms. The van der Waals surface area contributed by atoms with E-state index in [4.69, 9.17) is 9.47 Å². The highest BCUT2D eigenvalue weighted by atomic mass is 19.1. The summed E-state index contributed by atoms with van der Waals surface area (Å²) in [5.74, 6) is 0.562. The molecular formula is C18H20FN3O3. The second kappa shape index (κ2) is 6.48. The summed E-state index contributed by atoms with van der Waals surface area (Å²) in [4.78, 5) is 19.1. The number of carbonyl (C=O) groups is 1. The minimum absolute atomic E-state index is 0.0368. The number of amides is 1. The summed E-state index contributed by atoms with van der Waals surface area (Å²) < 4.78 is 27.4. The van der Waals surface area contributed by atoms with Gasteiger partial charge < -0.3 is 18.9 Å². The van der Waals surface area contributed by atoms with Crippen molar-refractivity contribution in [2.75, 3.05) is 19.8 Å². The van der Waals surface area contributed by atoms with Crippen molar-refractivity contribution in [2.45, 2.75) is 19.1 Å². The largest absolute Gasteiger partial charge is 0.491 e. The van der Waals surface area contributed by atoms with Crippen LogP contribution in [-0.4, -0.2) is 40.1 Å². The Balaban J connectivity index is 1.58. The van der Waals surface area contributed by atoms with Crippen molar-refractivity contribution < 1.29 is 18.7 Å². The first-order valence-corrected chi connectivity index (χ1v) is 8.43. The maximum atomic E-state index is 14.2. The maximum Gasteiger partial charge on any atom is 0.229 e. The predicted molar refractivity (Wildman–Crippen MR) is 87.3 cm³/mol. The van der Waals surface area contributed by atoms with E-state index in [2.05, 4.69) is 4.98 Å². The topological polar surface area (TPSA) is 56.6 Å². The number of aryl methyl sites for hydroxylation is 1. The van der Waals surface area contributed by atoms with E-state index in [-0.39, 0.29) is 30.3 Å². The van der Waals surface area contributed by atoms with Gasteiger partial charge in [0, 0.05) is 31.6 Å². The molecule has 1 amide bonds. The zero-order valence-electron chi connectivity index (χ0n) is 14.0. The fraction of sp³-hybridized carbons (Fsp3) is 0.444. The summed E-state index contributed by atoms with van der Waals surface area (Å²) in [6.07, 6.45) is 3.81. The van der Waals surface area contributed by atoms with Gasteiger partial charge in [-0.05, 0) is 18.6 Å². The van der Waals surface area contributed by atoms with Gasteiger partial charge in [0.1, 0.15) is 30.1 Å². The quantitative estimate of drug-likeness (QED) is 0.836.